The summed E-state index contributed by atoms with van der Waals surface area (Å²) in [5.74, 6) is 1.27. The molecule has 0 bridgehead atoms. The third-order valence-corrected chi connectivity index (χ3v) is 4.78. The largest absolute Gasteiger partial charge is 0.394 e. The van der Waals surface area contributed by atoms with Gasteiger partial charge in [-0.3, -0.25) is 4.57 Å². The van der Waals surface area contributed by atoms with E-state index in [1.807, 2.05) is 0 Å². The third-order valence-electron chi connectivity index (χ3n) is 3.85. The zero-order valence-corrected chi connectivity index (χ0v) is 13.7. The lowest BCUT2D eigenvalue weighted by molar-refractivity contribution is -0.0432. The van der Waals surface area contributed by atoms with Gasteiger partial charge in [0.1, 0.15) is 17.8 Å². The Morgan fingerprint density at radius 1 is 1.48 bits per heavy atom. The Kier molecular flexibility index (Phi) is 5.00. The Morgan fingerprint density at radius 2 is 2.30 bits per heavy atom. The molecule has 2 aromatic rings. The van der Waals surface area contributed by atoms with Gasteiger partial charge >= 0.3 is 0 Å². The molecule has 126 valence electrons. The van der Waals surface area contributed by atoms with Crippen LogP contribution in [0.2, 0.25) is 0 Å². The van der Waals surface area contributed by atoms with E-state index in [0.29, 0.717) is 28.6 Å². The molecule has 2 aromatic heterocycles. The maximum atomic E-state index is 9.90. The molecule has 0 aromatic carbocycles. The van der Waals surface area contributed by atoms with E-state index in [-0.39, 0.29) is 6.61 Å². The topological polar surface area (TPSA) is 119 Å². The molecule has 8 nitrogen and oxygen atoms in total. The predicted octanol–water partition coefficient (Wildman–Crippen LogP) is 0.941. The fourth-order valence-corrected chi connectivity index (χ4v) is 3.48. The second-order valence-corrected chi connectivity index (χ2v) is 6.59. The molecule has 0 saturated carbocycles. The van der Waals surface area contributed by atoms with Gasteiger partial charge in [-0.2, -0.15) is 0 Å². The van der Waals surface area contributed by atoms with Gasteiger partial charge in [-0.05, 0) is 6.42 Å². The van der Waals surface area contributed by atoms with E-state index in [0.717, 1.165) is 18.6 Å². The second-order valence-electron chi connectivity index (χ2n) is 5.53. The minimum absolute atomic E-state index is 0.223. The highest BCUT2D eigenvalue weighted by atomic mass is 32.2. The number of fused-ring (bicyclic) bond motifs is 1. The van der Waals surface area contributed by atoms with Crippen LogP contribution in [-0.2, 0) is 4.74 Å². The number of aliphatic hydroxyl groups excluding tert-OH is 2. The minimum Gasteiger partial charge on any atom is -0.394 e. The maximum Gasteiger partial charge on any atom is 0.191 e. The molecule has 9 heteroatoms. The first kappa shape index (κ1) is 16.4. The van der Waals surface area contributed by atoms with E-state index >= 15 is 0 Å². The van der Waals surface area contributed by atoms with Crippen LogP contribution in [0.4, 0.5) is 5.82 Å². The predicted molar refractivity (Wildman–Crippen MR) is 87.0 cm³/mol. The number of unbranched alkanes of at least 4 members (excludes halogenated alkanes) is 1. The summed E-state index contributed by atoms with van der Waals surface area (Å²) >= 11 is 1.56. The average Bonchev–Trinajstić information content (AvgIpc) is 3.11. The van der Waals surface area contributed by atoms with Crippen molar-refractivity contribution in [3.8, 4) is 0 Å². The SMILES string of the molecule is CCCCSc1nc(N)c2ncn([C@@H]3C[C@H](O)[C@@H](CO)O3)c2n1. The fraction of sp³-hybridized carbons (Fsp3) is 0.643. The lowest BCUT2D eigenvalue weighted by Gasteiger charge is -2.14. The molecule has 4 N–H and O–H groups in total. The van der Waals surface area contributed by atoms with Crippen LogP contribution in [0.1, 0.15) is 32.4 Å². The maximum absolute atomic E-state index is 9.90. The summed E-state index contributed by atoms with van der Waals surface area (Å²) in [4.78, 5) is 13.1. The van der Waals surface area contributed by atoms with Crippen LogP contribution in [-0.4, -0.2) is 54.3 Å². The number of aromatic nitrogens is 4. The van der Waals surface area contributed by atoms with E-state index in [9.17, 15) is 10.2 Å². The van der Waals surface area contributed by atoms with Gasteiger partial charge in [-0.15, -0.1) is 0 Å². The van der Waals surface area contributed by atoms with Gasteiger partial charge in [0, 0.05) is 12.2 Å². The highest BCUT2D eigenvalue weighted by Crippen LogP contribution is 2.32. The van der Waals surface area contributed by atoms with Crippen molar-refractivity contribution in [2.45, 2.75) is 49.8 Å². The summed E-state index contributed by atoms with van der Waals surface area (Å²) in [6.45, 7) is 1.91. The van der Waals surface area contributed by atoms with Crippen molar-refractivity contribution in [2.24, 2.45) is 0 Å². The van der Waals surface area contributed by atoms with Gasteiger partial charge in [0.05, 0.1) is 19.0 Å². The number of rotatable bonds is 6. The Bertz CT molecular complexity index is 680. The molecule has 0 unspecified atom stereocenters. The van der Waals surface area contributed by atoms with Crippen LogP contribution in [0.15, 0.2) is 11.5 Å². The standard InChI is InChI=1S/C14H21N5O3S/c1-2-3-4-23-14-17-12(15)11-13(18-14)19(7-16-11)10-5-8(21)9(6-20)22-10/h7-10,20-21H,2-6H2,1H3,(H2,15,17,18)/t8-,9+,10-/m0/s1. The number of nitrogens with zero attached hydrogens (tertiary/aromatic N) is 4. The Hall–Kier alpha value is -1.42. The smallest absolute Gasteiger partial charge is 0.191 e. The van der Waals surface area contributed by atoms with Crippen molar-refractivity contribution in [3.05, 3.63) is 6.33 Å². The number of hydrogen-bond acceptors (Lipinski definition) is 8. The summed E-state index contributed by atoms with van der Waals surface area (Å²) < 4.78 is 7.41. The zero-order chi connectivity index (χ0) is 16.4. The molecule has 3 atom stereocenters. The van der Waals surface area contributed by atoms with E-state index in [4.69, 9.17) is 10.5 Å². The van der Waals surface area contributed by atoms with Crippen LogP contribution < -0.4 is 5.73 Å². The number of aliphatic hydroxyl groups is 2. The number of nitrogens with two attached hydrogens (primary N) is 1. The van der Waals surface area contributed by atoms with Crippen molar-refractivity contribution < 1.29 is 14.9 Å². The average molecular weight is 339 g/mol. The number of imidazole rings is 1. The highest BCUT2D eigenvalue weighted by Gasteiger charge is 2.35. The quantitative estimate of drug-likeness (QED) is 0.404. The summed E-state index contributed by atoms with van der Waals surface area (Å²) in [7, 11) is 0. The number of thioether (sulfide) groups is 1. The van der Waals surface area contributed by atoms with E-state index in [1.165, 1.54) is 0 Å². The molecule has 1 aliphatic heterocycles. The van der Waals surface area contributed by atoms with Crippen molar-refractivity contribution >= 4 is 28.7 Å². The molecular weight excluding hydrogens is 318 g/mol. The van der Waals surface area contributed by atoms with Crippen LogP contribution in [0.3, 0.4) is 0 Å². The minimum atomic E-state index is -0.708. The van der Waals surface area contributed by atoms with Gasteiger partial charge < -0.3 is 20.7 Å². The van der Waals surface area contributed by atoms with E-state index in [1.54, 1.807) is 22.7 Å². The van der Waals surface area contributed by atoms with E-state index in [2.05, 4.69) is 21.9 Å². The van der Waals surface area contributed by atoms with Gasteiger partial charge in [0.25, 0.3) is 0 Å². The molecule has 0 spiro atoms. The molecule has 3 rings (SSSR count). The van der Waals surface area contributed by atoms with Crippen molar-refractivity contribution in [1.29, 1.82) is 0 Å². The second kappa shape index (κ2) is 7.00. The first-order valence-electron chi connectivity index (χ1n) is 7.71. The molecule has 1 aliphatic rings. The van der Waals surface area contributed by atoms with Crippen LogP contribution >= 0.6 is 11.8 Å². The summed E-state index contributed by atoms with van der Waals surface area (Å²) in [6, 6.07) is 0. The molecule has 23 heavy (non-hydrogen) atoms. The first-order valence-corrected chi connectivity index (χ1v) is 8.69. The number of ether oxygens (including phenoxy) is 1. The lowest BCUT2D eigenvalue weighted by atomic mass is 10.2. The Labute approximate surface area is 138 Å². The summed E-state index contributed by atoms with van der Waals surface area (Å²) in [5.41, 5.74) is 7.10. The van der Waals surface area contributed by atoms with Gasteiger partial charge in [-0.25, -0.2) is 15.0 Å². The van der Waals surface area contributed by atoms with Crippen molar-refractivity contribution in [1.82, 2.24) is 19.5 Å². The number of nitrogen functional groups attached to an aromatic ring is 1. The first-order chi connectivity index (χ1) is 11.1. The third kappa shape index (κ3) is 3.27. The molecule has 0 aliphatic carbocycles. The molecule has 1 fully saturated rings. The van der Waals surface area contributed by atoms with Gasteiger partial charge in [-0.1, -0.05) is 25.1 Å². The van der Waals surface area contributed by atoms with Crippen molar-refractivity contribution in [3.63, 3.8) is 0 Å². The lowest BCUT2D eigenvalue weighted by Crippen LogP contribution is -2.24. The summed E-state index contributed by atoms with van der Waals surface area (Å²) in [5, 5.41) is 19.7. The van der Waals surface area contributed by atoms with Gasteiger partial charge in [0.2, 0.25) is 0 Å². The van der Waals surface area contributed by atoms with Crippen LogP contribution in [0, 0.1) is 0 Å². The Morgan fingerprint density at radius 3 is 3.00 bits per heavy atom. The fourth-order valence-electron chi connectivity index (χ4n) is 2.55. The van der Waals surface area contributed by atoms with E-state index < -0.39 is 18.4 Å². The van der Waals surface area contributed by atoms with Gasteiger partial charge in [0.15, 0.2) is 16.6 Å². The van der Waals surface area contributed by atoms with Crippen LogP contribution in [0.5, 0.6) is 0 Å². The normalized spacial score (nSPS) is 24.6. The Balaban J connectivity index is 1.89. The number of hydrogen-bond donors (Lipinski definition) is 3. The highest BCUT2D eigenvalue weighted by molar-refractivity contribution is 7.99. The van der Waals surface area contributed by atoms with Crippen molar-refractivity contribution in [2.75, 3.05) is 18.1 Å². The van der Waals surface area contributed by atoms with Crippen LogP contribution in [0.25, 0.3) is 11.2 Å². The molecule has 3 heterocycles. The monoisotopic (exact) mass is 339 g/mol. The summed E-state index contributed by atoms with van der Waals surface area (Å²) in [6.07, 6.45) is 2.44. The molecule has 0 radical (unpaired) electrons. The molecule has 1 saturated heterocycles. The molecule has 0 amide bonds. The zero-order valence-electron chi connectivity index (χ0n) is 12.9. The molecular formula is C14H21N5O3S. The number of anilines is 1.